The van der Waals surface area contributed by atoms with E-state index >= 15 is 0 Å². The van der Waals surface area contributed by atoms with Crippen LogP contribution in [0.25, 0.3) is 82.9 Å². The summed E-state index contributed by atoms with van der Waals surface area (Å²) in [7, 11) is 0. The summed E-state index contributed by atoms with van der Waals surface area (Å²) >= 11 is 0. The number of aryl methyl sites for hydroxylation is 1. The van der Waals surface area contributed by atoms with E-state index in [4.69, 9.17) is 19.7 Å². The molecule has 4 heteroatoms. The van der Waals surface area contributed by atoms with E-state index in [1.165, 1.54) is 54.9 Å². The van der Waals surface area contributed by atoms with E-state index < -0.39 is 5.41 Å². The summed E-state index contributed by atoms with van der Waals surface area (Å²) in [6, 6.07) is 69.7. The van der Waals surface area contributed by atoms with Crippen LogP contribution in [-0.4, -0.2) is 21.1 Å². The smallest absolute Gasteiger partial charge is 0.164 e. The maximum atomic E-state index is 7.12. The van der Waals surface area contributed by atoms with Gasteiger partial charge in [0.25, 0.3) is 0 Å². The zero-order chi connectivity index (χ0) is 43.1. The third kappa shape index (κ3) is 6.16. The Morgan fingerprint density at radius 2 is 1.14 bits per heavy atom. The van der Waals surface area contributed by atoms with Crippen molar-refractivity contribution in [2.45, 2.75) is 37.2 Å². The third-order valence-electron chi connectivity index (χ3n) is 14.2. The molecule has 13 rings (SSSR count). The maximum Gasteiger partial charge on any atom is 0.164 e. The highest BCUT2D eigenvalue weighted by Gasteiger charge is 2.50. The molecule has 0 radical (unpaired) electrons. The number of rotatable bonds is 5. The summed E-state index contributed by atoms with van der Waals surface area (Å²) in [6.45, 7) is 2.34. The second-order valence-electron chi connectivity index (χ2n) is 18.0. The lowest BCUT2D eigenvalue weighted by Gasteiger charge is -2.37. The molecular formula is C61H43N3O. The second-order valence-corrected chi connectivity index (χ2v) is 18.0. The van der Waals surface area contributed by atoms with Gasteiger partial charge in [-0.3, -0.25) is 0 Å². The summed E-state index contributed by atoms with van der Waals surface area (Å²) < 4.78 is 7.12. The Bertz CT molecular complexity index is 3630. The lowest BCUT2D eigenvalue weighted by Crippen LogP contribution is -2.39. The van der Waals surface area contributed by atoms with Crippen molar-refractivity contribution in [1.29, 1.82) is 0 Å². The molecule has 0 N–H and O–H groups in total. The van der Waals surface area contributed by atoms with E-state index in [1.807, 2.05) is 0 Å². The van der Waals surface area contributed by atoms with Crippen LogP contribution in [0.4, 0.5) is 0 Å². The fourth-order valence-electron chi connectivity index (χ4n) is 11.1. The number of ether oxygens (including phenoxy) is 1. The first kappa shape index (κ1) is 37.6. The highest BCUT2D eigenvalue weighted by molar-refractivity contribution is 6.13. The first-order chi connectivity index (χ1) is 32.1. The van der Waals surface area contributed by atoms with Gasteiger partial charge in [-0.05, 0) is 121 Å². The molecule has 1 unspecified atom stereocenters. The van der Waals surface area contributed by atoms with Crippen molar-refractivity contribution in [3.63, 3.8) is 0 Å². The van der Waals surface area contributed by atoms with E-state index in [0.717, 1.165) is 57.2 Å². The van der Waals surface area contributed by atoms with Gasteiger partial charge in [-0.15, -0.1) is 0 Å². The average Bonchev–Trinajstić information content (AvgIpc) is 3.58. The molecule has 3 aliphatic rings. The van der Waals surface area contributed by atoms with Gasteiger partial charge < -0.3 is 4.74 Å². The summed E-state index contributed by atoms with van der Waals surface area (Å²) in [5, 5.41) is 7.17. The van der Waals surface area contributed by atoms with Crippen molar-refractivity contribution in [3.05, 3.63) is 234 Å². The van der Waals surface area contributed by atoms with Crippen molar-refractivity contribution < 1.29 is 4.74 Å². The van der Waals surface area contributed by atoms with Crippen molar-refractivity contribution >= 4 is 37.9 Å². The lowest BCUT2D eigenvalue weighted by molar-refractivity contribution is 0.206. The van der Waals surface area contributed by atoms with E-state index in [1.54, 1.807) is 0 Å². The summed E-state index contributed by atoms with van der Waals surface area (Å²) in [4.78, 5) is 16.4. The molecule has 1 aliphatic heterocycles. The van der Waals surface area contributed by atoms with Gasteiger partial charge in [0.05, 0.1) is 5.41 Å². The first-order valence-electron chi connectivity index (χ1n) is 22.7. The van der Waals surface area contributed by atoms with E-state index in [-0.39, 0.29) is 12.0 Å². The summed E-state index contributed by atoms with van der Waals surface area (Å²) in [5.41, 5.74) is 12.4. The molecule has 0 bridgehead atoms. The molecule has 0 saturated heterocycles. The Hall–Kier alpha value is -7.95. The number of allylic oxidation sites excluding steroid dienone is 2. The van der Waals surface area contributed by atoms with Gasteiger partial charge >= 0.3 is 0 Å². The Balaban J connectivity index is 1.04. The minimum atomic E-state index is -0.491. The number of fused-ring (bicyclic) bond motifs is 10. The molecule has 65 heavy (non-hydrogen) atoms. The topological polar surface area (TPSA) is 47.9 Å². The zero-order valence-corrected chi connectivity index (χ0v) is 35.9. The van der Waals surface area contributed by atoms with Gasteiger partial charge in [0, 0.05) is 28.2 Å². The van der Waals surface area contributed by atoms with Crippen LogP contribution >= 0.6 is 0 Å². The molecule has 2 aliphatic carbocycles. The molecule has 4 nitrogen and oxygen atoms in total. The monoisotopic (exact) mass is 833 g/mol. The van der Waals surface area contributed by atoms with Crippen molar-refractivity contribution in [2.75, 3.05) is 0 Å². The van der Waals surface area contributed by atoms with Gasteiger partial charge in [-0.2, -0.15) is 0 Å². The van der Waals surface area contributed by atoms with Crippen molar-refractivity contribution in [2.24, 2.45) is 0 Å². The van der Waals surface area contributed by atoms with E-state index in [9.17, 15) is 0 Å². The Morgan fingerprint density at radius 1 is 0.492 bits per heavy atom. The zero-order valence-electron chi connectivity index (χ0n) is 35.9. The standard InChI is InChI=1S/C61H43N3O/c1-61-37-45(36-53(57(61)65-56-29-14-13-28-55(56)61)51-31-30-43-32-40-18-5-6-19-41(40)34-52(43)49-26-11-10-25-48(49)51)59-62-58(44-22-15-21-39(33-44)38-16-3-2-4-17-38)63-60(64-59)54-35-42-20-7-8-23-46(42)47-24-9-12-27-50(47)54/h2-29,32-37,51,57H,30-31H2,1H3/t51-,57+,61?/m1/s1. The highest BCUT2D eigenvalue weighted by Crippen LogP contribution is 2.55. The van der Waals surface area contributed by atoms with Crippen molar-refractivity contribution in [1.82, 2.24) is 15.0 Å². The van der Waals surface area contributed by atoms with Crippen LogP contribution < -0.4 is 4.74 Å². The number of nitrogens with zero attached hydrogens (tertiary/aromatic N) is 3. The largest absolute Gasteiger partial charge is 0.484 e. The molecule has 3 atom stereocenters. The fourth-order valence-corrected chi connectivity index (χ4v) is 11.1. The van der Waals surface area contributed by atoms with Crippen LogP contribution in [0.5, 0.6) is 5.75 Å². The van der Waals surface area contributed by atoms with Gasteiger partial charge in [0.2, 0.25) is 0 Å². The Kier molecular flexibility index (Phi) is 8.57. The quantitative estimate of drug-likeness (QED) is 0.162. The predicted molar refractivity (Wildman–Crippen MR) is 266 cm³/mol. The predicted octanol–water partition coefficient (Wildman–Crippen LogP) is 14.8. The van der Waals surface area contributed by atoms with Crippen LogP contribution in [0.2, 0.25) is 0 Å². The SMILES string of the molecule is CC12C=C(c3nc(-c4cccc(-c5ccccc5)c4)nc(-c4cc5ccccc5c5ccccc45)n3)C=C([C@@H]3CCc4cc5ccccc5cc4-c4ccccc43)[C@@H]1Oc1ccccc12. The molecule has 1 aromatic heterocycles. The number of hydrogen-bond acceptors (Lipinski definition) is 4. The molecule has 0 saturated carbocycles. The molecule has 0 fully saturated rings. The third-order valence-corrected chi connectivity index (χ3v) is 14.2. The van der Waals surface area contributed by atoms with Crippen LogP contribution in [-0.2, 0) is 11.8 Å². The summed E-state index contributed by atoms with van der Waals surface area (Å²) in [6.07, 6.45) is 6.41. The molecule has 0 spiro atoms. The van der Waals surface area contributed by atoms with Crippen LogP contribution in [0, 0.1) is 0 Å². The van der Waals surface area contributed by atoms with Gasteiger partial charge in [0.1, 0.15) is 11.9 Å². The normalized spacial score (nSPS) is 18.5. The van der Waals surface area contributed by atoms with Gasteiger partial charge in [-0.25, -0.2) is 15.0 Å². The lowest BCUT2D eigenvalue weighted by atomic mass is 9.67. The highest BCUT2D eigenvalue weighted by atomic mass is 16.5. The molecular weight excluding hydrogens is 791 g/mol. The van der Waals surface area contributed by atoms with Gasteiger partial charge in [-0.1, -0.05) is 176 Å². The van der Waals surface area contributed by atoms with Crippen LogP contribution in [0.3, 0.4) is 0 Å². The number of aromatic nitrogens is 3. The maximum absolute atomic E-state index is 7.12. The minimum absolute atomic E-state index is 0.0804. The molecule has 10 aromatic rings. The molecule has 2 heterocycles. The number of benzene rings is 9. The second kappa shape index (κ2) is 14.8. The summed E-state index contributed by atoms with van der Waals surface area (Å²) in [5.74, 6) is 2.93. The minimum Gasteiger partial charge on any atom is -0.484 e. The molecule has 308 valence electrons. The number of para-hydroxylation sites is 1. The average molecular weight is 834 g/mol. The van der Waals surface area contributed by atoms with Crippen LogP contribution in [0.1, 0.15) is 41.8 Å². The number of hydrogen-bond donors (Lipinski definition) is 0. The molecule has 9 aromatic carbocycles. The Labute approximate surface area is 378 Å². The van der Waals surface area contributed by atoms with Crippen LogP contribution in [0.15, 0.2) is 212 Å². The molecule has 0 amide bonds. The van der Waals surface area contributed by atoms with Crippen molar-refractivity contribution in [3.8, 4) is 50.8 Å². The first-order valence-corrected chi connectivity index (χ1v) is 22.7. The van der Waals surface area contributed by atoms with E-state index in [2.05, 4.69) is 213 Å². The van der Waals surface area contributed by atoms with E-state index in [0.29, 0.717) is 17.5 Å². The Morgan fingerprint density at radius 3 is 2.02 bits per heavy atom. The fraction of sp³-hybridized carbons (Fsp3) is 0.0984. The van der Waals surface area contributed by atoms with Gasteiger partial charge in [0.15, 0.2) is 17.5 Å².